The van der Waals surface area contributed by atoms with Gasteiger partial charge >= 0.3 is 0 Å². The van der Waals surface area contributed by atoms with Crippen molar-refractivity contribution >= 4 is 53.1 Å². The lowest BCUT2D eigenvalue weighted by Crippen LogP contribution is -2.00. The Kier molecular flexibility index (Phi) is 6.22. The maximum absolute atomic E-state index is 5.09. The average Bonchev–Trinajstić information content (AvgIpc) is 3.51. The van der Waals surface area contributed by atoms with Crippen molar-refractivity contribution in [3.63, 3.8) is 0 Å². The fraction of sp³-hybridized carbons (Fsp3) is 0.0238. The van der Waals surface area contributed by atoms with Gasteiger partial charge in [0.25, 0.3) is 0 Å². The van der Waals surface area contributed by atoms with Crippen LogP contribution in [0.3, 0.4) is 0 Å². The van der Waals surface area contributed by atoms with Gasteiger partial charge in [-0.15, -0.1) is 11.3 Å². The molecule has 0 N–H and O–H groups in total. The minimum absolute atomic E-state index is 0.667. The Morgan fingerprint density at radius 1 is 0.435 bits per heavy atom. The maximum atomic E-state index is 5.09. The number of fused-ring (bicyclic) bond motifs is 6. The largest absolute Gasteiger partial charge is 0.208 e. The van der Waals surface area contributed by atoms with Crippen molar-refractivity contribution in [2.45, 2.75) is 6.92 Å². The molecule has 9 aromatic rings. The van der Waals surface area contributed by atoms with Gasteiger partial charge in [-0.25, -0.2) is 15.0 Å². The quantitative estimate of drug-likeness (QED) is 0.187. The molecule has 0 aliphatic carbocycles. The van der Waals surface area contributed by atoms with Gasteiger partial charge in [-0.2, -0.15) is 0 Å². The molecule has 0 spiro atoms. The standard InChI is InChI=1S/C42H27N3S/c1-26-24-30(32-18-10-19-33-31-17-9-8-12-27(31)22-23-34(32)33)25-36-38-35(20-11-21-37(38)46-39(26)36)42-44-40(28-13-4-2-5-14-28)43-41(45-42)29-15-6-3-7-16-29/h2-25H,1H3. The van der Waals surface area contributed by atoms with Crippen LogP contribution in [0.4, 0.5) is 0 Å². The predicted octanol–water partition coefficient (Wildman–Crippen LogP) is 11.5. The molecule has 0 bridgehead atoms. The van der Waals surface area contributed by atoms with E-state index in [-0.39, 0.29) is 0 Å². The summed E-state index contributed by atoms with van der Waals surface area (Å²) in [6.07, 6.45) is 0. The Morgan fingerprint density at radius 2 is 1.07 bits per heavy atom. The van der Waals surface area contributed by atoms with Gasteiger partial charge in [0.2, 0.25) is 0 Å². The van der Waals surface area contributed by atoms with Gasteiger partial charge < -0.3 is 0 Å². The third-order valence-electron chi connectivity index (χ3n) is 8.82. The minimum Gasteiger partial charge on any atom is -0.208 e. The molecular weight excluding hydrogens is 579 g/mol. The molecule has 2 aromatic heterocycles. The molecule has 46 heavy (non-hydrogen) atoms. The molecule has 0 fully saturated rings. The van der Waals surface area contributed by atoms with Crippen molar-refractivity contribution < 1.29 is 0 Å². The number of hydrogen-bond acceptors (Lipinski definition) is 4. The lowest BCUT2D eigenvalue weighted by molar-refractivity contribution is 1.08. The second kappa shape index (κ2) is 10.7. The second-order valence-electron chi connectivity index (χ2n) is 11.7. The Bertz CT molecular complexity index is 2530. The van der Waals surface area contributed by atoms with Crippen molar-refractivity contribution in [3.05, 3.63) is 151 Å². The summed E-state index contributed by atoms with van der Waals surface area (Å²) in [5.74, 6) is 2.01. The Labute approximate surface area is 270 Å². The number of nitrogens with zero attached hydrogens (tertiary/aromatic N) is 3. The summed E-state index contributed by atoms with van der Waals surface area (Å²) in [5, 5.41) is 7.48. The van der Waals surface area contributed by atoms with Crippen molar-refractivity contribution in [1.82, 2.24) is 15.0 Å². The Morgan fingerprint density at radius 3 is 1.83 bits per heavy atom. The van der Waals surface area contributed by atoms with Crippen LogP contribution < -0.4 is 0 Å². The van der Waals surface area contributed by atoms with Gasteiger partial charge in [0.1, 0.15) is 0 Å². The summed E-state index contributed by atoms with van der Waals surface area (Å²) >= 11 is 1.84. The monoisotopic (exact) mass is 605 g/mol. The topological polar surface area (TPSA) is 38.7 Å². The molecule has 4 heteroatoms. The molecule has 0 saturated carbocycles. The first-order chi connectivity index (χ1) is 22.7. The molecule has 9 rings (SSSR count). The van der Waals surface area contributed by atoms with E-state index in [4.69, 9.17) is 15.0 Å². The van der Waals surface area contributed by atoms with E-state index in [0.29, 0.717) is 17.5 Å². The van der Waals surface area contributed by atoms with Crippen LogP contribution in [-0.4, -0.2) is 15.0 Å². The van der Waals surface area contributed by atoms with Gasteiger partial charge in [-0.05, 0) is 63.4 Å². The highest BCUT2D eigenvalue weighted by molar-refractivity contribution is 7.26. The number of aryl methyl sites for hydroxylation is 1. The first-order valence-electron chi connectivity index (χ1n) is 15.5. The van der Waals surface area contributed by atoms with Crippen molar-refractivity contribution in [2.75, 3.05) is 0 Å². The first kappa shape index (κ1) is 26.7. The molecule has 0 atom stereocenters. The van der Waals surface area contributed by atoms with Crippen LogP contribution >= 0.6 is 11.3 Å². The van der Waals surface area contributed by atoms with Gasteiger partial charge in [-0.3, -0.25) is 0 Å². The van der Waals surface area contributed by atoms with Crippen molar-refractivity contribution in [1.29, 1.82) is 0 Å². The van der Waals surface area contributed by atoms with Crippen LogP contribution in [0, 0.1) is 6.92 Å². The third-order valence-corrected chi connectivity index (χ3v) is 10.1. The van der Waals surface area contributed by atoms with Gasteiger partial charge in [-0.1, -0.05) is 127 Å². The lowest BCUT2D eigenvalue weighted by atomic mass is 9.93. The van der Waals surface area contributed by atoms with Crippen LogP contribution in [0.5, 0.6) is 0 Å². The van der Waals surface area contributed by atoms with Crippen molar-refractivity contribution in [3.8, 4) is 45.3 Å². The zero-order valence-electron chi connectivity index (χ0n) is 25.1. The minimum atomic E-state index is 0.667. The van der Waals surface area contributed by atoms with Crippen LogP contribution in [0.2, 0.25) is 0 Å². The van der Waals surface area contributed by atoms with Gasteiger partial charge in [0, 0.05) is 36.9 Å². The molecule has 3 nitrogen and oxygen atoms in total. The average molecular weight is 606 g/mol. The fourth-order valence-corrected chi connectivity index (χ4v) is 7.84. The first-order valence-corrected chi connectivity index (χ1v) is 16.3. The van der Waals surface area contributed by atoms with Gasteiger partial charge in [0.05, 0.1) is 0 Å². The Hall–Kier alpha value is -5.71. The van der Waals surface area contributed by atoms with Crippen LogP contribution in [0.15, 0.2) is 146 Å². The number of rotatable bonds is 4. The number of hydrogen-bond donors (Lipinski definition) is 0. The number of thiophene rings is 1. The summed E-state index contributed by atoms with van der Waals surface area (Å²) in [5.41, 5.74) is 6.66. The molecule has 216 valence electrons. The summed E-state index contributed by atoms with van der Waals surface area (Å²) in [7, 11) is 0. The highest BCUT2D eigenvalue weighted by Gasteiger charge is 2.19. The Balaban J connectivity index is 1.30. The summed E-state index contributed by atoms with van der Waals surface area (Å²) in [6, 6.07) is 51.3. The number of benzene rings is 7. The molecule has 0 aliphatic rings. The van der Waals surface area contributed by atoms with E-state index in [0.717, 1.165) is 16.7 Å². The lowest BCUT2D eigenvalue weighted by Gasteiger charge is -2.12. The maximum Gasteiger partial charge on any atom is 0.164 e. The van der Waals surface area contributed by atoms with E-state index in [2.05, 4.69) is 116 Å². The van der Waals surface area contributed by atoms with E-state index >= 15 is 0 Å². The predicted molar refractivity (Wildman–Crippen MR) is 194 cm³/mol. The summed E-state index contributed by atoms with van der Waals surface area (Å²) < 4.78 is 2.51. The fourth-order valence-electron chi connectivity index (χ4n) is 6.66. The third kappa shape index (κ3) is 4.38. The second-order valence-corrected chi connectivity index (χ2v) is 12.7. The normalized spacial score (nSPS) is 11.6. The molecule has 0 amide bonds. The highest BCUT2D eigenvalue weighted by atomic mass is 32.1. The molecular formula is C42H27N3S. The highest BCUT2D eigenvalue weighted by Crippen LogP contribution is 2.44. The van der Waals surface area contributed by atoms with Crippen LogP contribution in [0.25, 0.3) is 87.0 Å². The molecule has 0 unspecified atom stereocenters. The van der Waals surface area contributed by atoms with Gasteiger partial charge in [0.15, 0.2) is 17.5 Å². The number of aromatic nitrogens is 3. The van der Waals surface area contributed by atoms with E-state index in [1.807, 2.05) is 47.7 Å². The summed E-state index contributed by atoms with van der Waals surface area (Å²) in [6.45, 7) is 2.23. The molecule has 7 aromatic carbocycles. The molecule has 0 aliphatic heterocycles. The van der Waals surface area contributed by atoms with E-state index in [1.54, 1.807) is 0 Å². The van der Waals surface area contributed by atoms with Crippen LogP contribution in [-0.2, 0) is 0 Å². The van der Waals surface area contributed by atoms with Crippen LogP contribution in [0.1, 0.15) is 5.56 Å². The SMILES string of the molecule is Cc1cc(-c2cccc3c2ccc2ccccc23)cc2c1sc1cccc(-c3nc(-c4ccccc4)nc(-c4ccccc4)n3)c12. The van der Waals surface area contributed by atoms with E-state index in [1.165, 1.54) is 58.4 Å². The van der Waals surface area contributed by atoms with Crippen molar-refractivity contribution in [2.24, 2.45) is 0 Å². The molecule has 0 saturated heterocycles. The summed E-state index contributed by atoms with van der Waals surface area (Å²) in [4.78, 5) is 15.1. The smallest absolute Gasteiger partial charge is 0.164 e. The molecule has 0 radical (unpaired) electrons. The van der Waals surface area contributed by atoms with E-state index in [9.17, 15) is 0 Å². The zero-order chi connectivity index (χ0) is 30.6. The van der Waals surface area contributed by atoms with E-state index < -0.39 is 0 Å². The molecule has 2 heterocycles. The zero-order valence-corrected chi connectivity index (χ0v) is 25.9.